The van der Waals surface area contributed by atoms with Crippen LogP contribution in [-0.2, 0) is 0 Å². The van der Waals surface area contributed by atoms with Gasteiger partial charge in [0, 0.05) is 12.8 Å². The summed E-state index contributed by atoms with van der Waals surface area (Å²) in [5, 5.41) is 22.3. The smallest absolute Gasteiger partial charge is 0.157 e. The van der Waals surface area contributed by atoms with Crippen LogP contribution in [-0.4, -0.2) is 34.0 Å². The highest BCUT2D eigenvalue weighted by molar-refractivity contribution is 5.55. The van der Waals surface area contributed by atoms with Crippen LogP contribution in [0.15, 0.2) is 0 Å². The number of rotatable bonds is 6. The van der Waals surface area contributed by atoms with Crippen LogP contribution < -0.4 is 0 Å². The fourth-order valence-electron chi connectivity index (χ4n) is 0.977. The second kappa shape index (κ2) is 7.26. The van der Waals surface area contributed by atoms with E-state index in [2.05, 4.69) is 0 Å². The highest BCUT2D eigenvalue weighted by Crippen LogP contribution is 1.93. The van der Waals surface area contributed by atoms with E-state index >= 15 is 0 Å². The molecule has 0 saturated carbocycles. The van der Waals surface area contributed by atoms with E-state index in [-0.39, 0.29) is 12.1 Å². The van der Waals surface area contributed by atoms with Gasteiger partial charge in [0.05, 0.1) is 0 Å². The number of hydroxylamine groups is 2. The van der Waals surface area contributed by atoms with Gasteiger partial charge in [-0.05, 0) is 34.1 Å². The van der Waals surface area contributed by atoms with E-state index in [9.17, 15) is 10.4 Å². The van der Waals surface area contributed by atoms with Gasteiger partial charge in [-0.3, -0.25) is 0 Å². The summed E-state index contributed by atoms with van der Waals surface area (Å²) in [4.78, 5) is 0. The Morgan fingerprint density at radius 2 is 1.20 bits per heavy atom. The minimum atomic E-state index is 0.000602. The van der Waals surface area contributed by atoms with Gasteiger partial charge < -0.3 is 10.4 Å². The molecule has 15 heavy (non-hydrogen) atoms. The van der Waals surface area contributed by atoms with Crippen molar-refractivity contribution in [1.82, 2.24) is 0 Å². The molecule has 0 N–H and O–H groups in total. The zero-order chi connectivity index (χ0) is 11.8. The quantitative estimate of drug-likeness (QED) is 0.223. The molecule has 0 radical (unpaired) electrons. The minimum absolute atomic E-state index is 0.000602. The third kappa shape index (κ3) is 6.94. The van der Waals surface area contributed by atoms with Gasteiger partial charge in [-0.25, -0.2) is 9.48 Å². The molecule has 4 nitrogen and oxygen atoms in total. The van der Waals surface area contributed by atoms with Gasteiger partial charge in [0.25, 0.3) is 0 Å². The lowest BCUT2D eigenvalue weighted by atomic mass is 10.2. The van der Waals surface area contributed by atoms with Crippen LogP contribution in [0, 0.1) is 10.4 Å². The highest BCUT2D eigenvalue weighted by Gasteiger charge is 2.00. The van der Waals surface area contributed by atoms with Crippen LogP contribution in [0.4, 0.5) is 0 Å². The topological polar surface area (TPSA) is 52.1 Å². The molecule has 0 fully saturated rings. The van der Waals surface area contributed by atoms with Crippen molar-refractivity contribution >= 4 is 12.4 Å². The summed E-state index contributed by atoms with van der Waals surface area (Å²) in [6.07, 6.45) is 5.58. The predicted octanol–water partition coefficient (Wildman–Crippen LogP) is 2.14. The largest absolute Gasteiger partial charge is 0.624 e. The third-order valence-corrected chi connectivity index (χ3v) is 2.04. The average molecular weight is 214 g/mol. The van der Waals surface area contributed by atoms with Crippen molar-refractivity contribution in [3.8, 4) is 0 Å². The fraction of sp³-hybridized carbons (Fsp3) is 0.818. The monoisotopic (exact) mass is 214 g/mol. The Balaban J connectivity index is 3.73. The van der Waals surface area contributed by atoms with E-state index in [1.54, 1.807) is 12.4 Å². The molecule has 0 rings (SSSR count). The minimum Gasteiger partial charge on any atom is -0.624 e. The van der Waals surface area contributed by atoms with Gasteiger partial charge in [-0.15, -0.1) is 0 Å². The number of hydrogen-bond donors (Lipinski definition) is 0. The summed E-state index contributed by atoms with van der Waals surface area (Å²) in [7, 11) is 0. The summed E-state index contributed by atoms with van der Waals surface area (Å²) in [5.41, 5.74) is 0. The summed E-state index contributed by atoms with van der Waals surface area (Å²) in [5.74, 6) is 0. The van der Waals surface area contributed by atoms with E-state index in [0.29, 0.717) is 0 Å². The molecule has 0 aromatic rings. The van der Waals surface area contributed by atoms with Crippen molar-refractivity contribution < 1.29 is 9.48 Å². The standard InChI is InChI=1S/C11H22N2O2/c1-10(2)12(14)8-6-5-7-9-13(15)11(3)4/h8-11H,5-7H2,1-4H3/b12-8-,13-9-. The predicted molar refractivity (Wildman–Crippen MR) is 63.5 cm³/mol. The van der Waals surface area contributed by atoms with Crippen LogP contribution in [0.25, 0.3) is 0 Å². The Hall–Kier alpha value is -1.06. The van der Waals surface area contributed by atoms with Crippen molar-refractivity contribution in [3.05, 3.63) is 10.4 Å². The van der Waals surface area contributed by atoms with Gasteiger partial charge >= 0.3 is 0 Å². The summed E-state index contributed by atoms with van der Waals surface area (Å²) >= 11 is 0. The van der Waals surface area contributed by atoms with E-state index < -0.39 is 0 Å². The van der Waals surface area contributed by atoms with Crippen molar-refractivity contribution in [2.45, 2.75) is 59.0 Å². The van der Waals surface area contributed by atoms with Crippen LogP contribution >= 0.6 is 0 Å². The second-order valence-corrected chi connectivity index (χ2v) is 4.20. The zero-order valence-electron chi connectivity index (χ0n) is 10.1. The van der Waals surface area contributed by atoms with E-state index in [4.69, 9.17) is 0 Å². The molecule has 0 bridgehead atoms. The SMILES string of the molecule is CC(C)/[N+]([O-])=C/CCC/C=[N+](\[O-])C(C)C. The van der Waals surface area contributed by atoms with Crippen LogP contribution in [0.3, 0.4) is 0 Å². The zero-order valence-corrected chi connectivity index (χ0v) is 10.1. The van der Waals surface area contributed by atoms with Gasteiger partial charge in [0.2, 0.25) is 0 Å². The van der Waals surface area contributed by atoms with E-state index in [0.717, 1.165) is 28.7 Å². The molecule has 0 aliphatic heterocycles. The first kappa shape index (κ1) is 13.9. The Labute approximate surface area is 92.1 Å². The molecular formula is C11H22N2O2. The number of nitrogens with zero attached hydrogens (tertiary/aromatic N) is 2. The van der Waals surface area contributed by atoms with E-state index in [1.807, 2.05) is 27.7 Å². The molecule has 0 unspecified atom stereocenters. The number of hydrogen-bond acceptors (Lipinski definition) is 2. The molecule has 0 heterocycles. The summed E-state index contributed by atoms with van der Waals surface area (Å²) < 4.78 is 1.91. The maximum atomic E-state index is 11.1. The van der Waals surface area contributed by atoms with Gasteiger partial charge in [-0.2, -0.15) is 0 Å². The Kier molecular flexibility index (Phi) is 6.75. The molecule has 0 aromatic heterocycles. The van der Waals surface area contributed by atoms with Gasteiger partial charge in [-0.1, -0.05) is 0 Å². The molecule has 0 saturated heterocycles. The first-order valence-corrected chi connectivity index (χ1v) is 5.52. The van der Waals surface area contributed by atoms with Crippen LogP contribution in [0.2, 0.25) is 0 Å². The lowest BCUT2D eigenvalue weighted by molar-refractivity contribution is -0.489. The van der Waals surface area contributed by atoms with Crippen molar-refractivity contribution in [1.29, 1.82) is 0 Å². The maximum Gasteiger partial charge on any atom is 0.157 e. The van der Waals surface area contributed by atoms with Crippen molar-refractivity contribution in [2.24, 2.45) is 0 Å². The summed E-state index contributed by atoms with van der Waals surface area (Å²) in [6, 6.07) is 0.00120. The number of unbranched alkanes of at least 4 members (excludes halogenated alkanes) is 2. The highest BCUT2D eigenvalue weighted by atomic mass is 16.5. The van der Waals surface area contributed by atoms with Crippen LogP contribution in [0.5, 0.6) is 0 Å². The molecule has 4 heteroatoms. The third-order valence-electron chi connectivity index (χ3n) is 2.04. The lowest BCUT2D eigenvalue weighted by Gasteiger charge is -2.07. The molecular weight excluding hydrogens is 192 g/mol. The Bertz CT molecular complexity index is 209. The van der Waals surface area contributed by atoms with Crippen molar-refractivity contribution in [3.63, 3.8) is 0 Å². The molecule has 0 aliphatic carbocycles. The molecule has 0 aromatic carbocycles. The van der Waals surface area contributed by atoms with Gasteiger partial charge in [0.15, 0.2) is 24.5 Å². The fourth-order valence-corrected chi connectivity index (χ4v) is 0.977. The van der Waals surface area contributed by atoms with Gasteiger partial charge in [0.1, 0.15) is 0 Å². The Morgan fingerprint density at radius 3 is 1.47 bits per heavy atom. The lowest BCUT2D eigenvalue weighted by Crippen LogP contribution is -2.15. The molecule has 0 amide bonds. The maximum absolute atomic E-state index is 11.1. The molecule has 0 aliphatic rings. The molecule has 88 valence electrons. The second-order valence-electron chi connectivity index (χ2n) is 4.20. The van der Waals surface area contributed by atoms with E-state index in [1.165, 1.54) is 0 Å². The first-order valence-electron chi connectivity index (χ1n) is 5.52. The first-order chi connectivity index (χ1) is 6.95. The van der Waals surface area contributed by atoms with Crippen molar-refractivity contribution in [2.75, 3.05) is 0 Å². The normalized spacial score (nSPS) is 14.0. The molecule has 0 spiro atoms. The average Bonchev–Trinajstić information content (AvgIpc) is 2.16. The summed E-state index contributed by atoms with van der Waals surface area (Å²) in [6.45, 7) is 7.42. The van der Waals surface area contributed by atoms with Crippen LogP contribution in [0.1, 0.15) is 47.0 Å². The Morgan fingerprint density at radius 1 is 0.867 bits per heavy atom. The molecule has 0 atom stereocenters.